The van der Waals surface area contributed by atoms with Gasteiger partial charge in [0.2, 0.25) is 17.6 Å². The molecule has 0 radical (unpaired) electrons. The number of amides is 1. The summed E-state index contributed by atoms with van der Waals surface area (Å²) in [7, 11) is 0. The number of nitrogens with zero attached hydrogens (tertiary/aromatic N) is 4. The van der Waals surface area contributed by atoms with E-state index < -0.39 is 0 Å². The number of carbonyl (C=O) groups excluding carboxylic acids is 1. The molecule has 0 spiro atoms. The van der Waals surface area contributed by atoms with Crippen LogP contribution in [0.2, 0.25) is 0 Å². The largest absolute Gasteiger partial charge is 0.340 e. The molecule has 3 aromatic rings. The highest BCUT2D eigenvalue weighted by atomic mass is 16.5. The van der Waals surface area contributed by atoms with Gasteiger partial charge in [-0.25, -0.2) is 0 Å². The molecule has 1 aromatic heterocycles. The van der Waals surface area contributed by atoms with Gasteiger partial charge >= 0.3 is 0 Å². The third-order valence-electron chi connectivity index (χ3n) is 5.79. The molecule has 1 amide bonds. The van der Waals surface area contributed by atoms with E-state index >= 15 is 0 Å². The number of piperazine rings is 1. The fourth-order valence-corrected chi connectivity index (χ4v) is 3.79. The van der Waals surface area contributed by atoms with E-state index in [4.69, 9.17) is 4.52 Å². The lowest BCUT2D eigenvalue weighted by molar-refractivity contribution is -0.133. The van der Waals surface area contributed by atoms with Gasteiger partial charge in [0, 0.05) is 38.2 Å². The summed E-state index contributed by atoms with van der Waals surface area (Å²) in [5.74, 6) is 1.46. The van der Waals surface area contributed by atoms with Crippen LogP contribution in [0.25, 0.3) is 11.4 Å². The highest BCUT2D eigenvalue weighted by molar-refractivity contribution is 5.76. The fraction of sp³-hybridized carbons (Fsp3) is 0.375. The van der Waals surface area contributed by atoms with E-state index in [1.807, 2.05) is 47.4 Å². The molecule has 1 fully saturated rings. The maximum Gasteiger partial charge on any atom is 0.244 e. The molecule has 0 saturated carbocycles. The summed E-state index contributed by atoms with van der Waals surface area (Å²) in [6, 6.07) is 18.3. The normalized spacial score (nSPS) is 15.9. The van der Waals surface area contributed by atoms with E-state index in [9.17, 15) is 4.79 Å². The predicted octanol–water partition coefficient (Wildman–Crippen LogP) is 3.88. The Balaban J connectivity index is 1.29. The molecular weight excluding hydrogens is 376 g/mol. The number of aromatic nitrogens is 2. The topological polar surface area (TPSA) is 62.5 Å². The van der Waals surface area contributed by atoms with Crippen molar-refractivity contribution in [3.63, 3.8) is 0 Å². The summed E-state index contributed by atoms with van der Waals surface area (Å²) < 4.78 is 5.54. The zero-order chi connectivity index (χ0) is 20.9. The van der Waals surface area contributed by atoms with Gasteiger partial charge in [-0.1, -0.05) is 65.3 Å². The Morgan fingerprint density at radius 3 is 2.43 bits per heavy atom. The number of hydrogen-bond acceptors (Lipinski definition) is 5. The van der Waals surface area contributed by atoms with Crippen LogP contribution in [0.4, 0.5) is 0 Å². The number of carbonyl (C=O) groups is 1. The molecule has 1 saturated heterocycles. The van der Waals surface area contributed by atoms with Gasteiger partial charge < -0.3 is 9.42 Å². The van der Waals surface area contributed by atoms with E-state index in [0.717, 1.165) is 38.2 Å². The Hall–Kier alpha value is -2.99. The molecule has 0 bridgehead atoms. The number of rotatable bonds is 6. The lowest BCUT2D eigenvalue weighted by Gasteiger charge is -2.36. The molecule has 0 N–H and O–H groups in total. The van der Waals surface area contributed by atoms with Crippen LogP contribution in [0, 0.1) is 6.92 Å². The first-order valence-electron chi connectivity index (χ1n) is 10.6. The Morgan fingerprint density at radius 1 is 1.03 bits per heavy atom. The van der Waals surface area contributed by atoms with Gasteiger partial charge in [-0.15, -0.1) is 0 Å². The molecular formula is C24H28N4O2. The van der Waals surface area contributed by atoms with Crippen molar-refractivity contribution >= 4 is 5.91 Å². The third kappa shape index (κ3) is 4.76. The Bertz CT molecular complexity index is 960. The molecule has 1 aliphatic heterocycles. The summed E-state index contributed by atoms with van der Waals surface area (Å²) in [6.45, 7) is 7.22. The van der Waals surface area contributed by atoms with Crippen molar-refractivity contribution in [1.29, 1.82) is 0 Å². The Labute approximate surface area is 177 Å². The standard InChI is InChI=1S/C24H28N4O2/c1-18-8-11-21(12-9-18)23-25-24(30-26-23)19(2)27-14-16-28(17-15-27)22(29)13-10-20-6-4-3-5-7-20/h3-9,11-12,19H,10,13-17H2,1-2H3. The second-order valence-electron chi connectivity index (χ2n) is 7.90. The van der Waals surface area contributed by atoms with Crippen molar-refractivity contribution in [3.05, 3.63) is 71.6 Å². The van der Waals surface area contributed by atoms with Crippen LogP contribution in [0.3, 0.4) is 0 Å². The second-order valence-corrected chi connectivity index (χ2v) is 7.90. The van der Waals surface area contributed by atoms with Crippen molar-refractivity contribution in [2.24, 2.45) is 0 Å². The summed E-state index contributed by atoms with van der Waals surface area (Å²) in [6.07, 6.45) is 1.35. The summed E-state index contributed by atoms with van der Waals surface area (Å²) in [5.41, 5.74) is 3.36. The summed E-state index contributed by atoms with van der Waals surface area (Å²) in [5, 5.41) is 4.15. The first-order valence-corrected chi connectivity index (χ1v) is 10.6. The van der Waals surface area contributed by atoms with E-state index in [0.29, 0.717) is 18.1 Å². The summed E-state index contributed by atoms with van der Waals surface area (Å²) in [4.78, 5) is 21.4. The van der Waals surface area contributed by atoms with Crippen LogP contribution in [-0.2, 0) is 11.2 Å². The van der Waals surface area contributed by atoms with Gasteiger partial charge in [0.15, 0.2) is 0 Å². The molecule has 156 valence electrons. The number of benzene rings is 2. The predicted molar refractivity (Wildman–Crippen MR) is 116 cm³/mol. The van der Waals surface area contributed by atoms with Gasteiger partial charge in [0.25, 0.3) is 0 Å². The second kappa shape index (κ2) is 9.22. The molecule has 2 heterocycles. The van der Waals surface area contributed by atoms with Crippen molar-refractivity contribution in [3.8, 4) is 11.4 Å². The summed E-state index contributed by atoms with van der Waals surface area (Å²) >= 11 is 0. The average Bonchev–Trinajstić information content (AvgIpc) is 3.28. The van der Waals surface area contributed by atoms with Crippen LogP contribution in [0.15, 0.2) is 59.1 Å². The molecule has 6 heteroatoms. The number of aryl methyl sites for hydroxylation is 2. The highest BCUT2D eigenvalue weighted by Gasteiger charge is 2.27. The third-order valence-corrected chi connectivity index (χ3v) is 5.79. The SMILES string of the molecule is Cc1ccc(-c2noc(C(C)N3CCN(C(=O)CCc4ccccc4)CC3)n2)cc1. The zero-order valence-corrected chi connectivity index (χ0v) is 17.6. The van der Waals surface area contributed by atoms with Crippen molar-refractivity contribution in [1.82, 2.24) is 19.9 Å². The lowest BCUT2D eigenvalue weighted by atomic mass is 10.1. The van der Waals surface area contributed by atoms with Crippen LogP contribution < -0.4 is 0 Å². The van der Waals surface area contributed by atoms with Crippen LogP contribution in [0.5, 0.6) is 0 Å². The highest BCUT2D eigenvalue weighted by Crippen LogP contribution is 2.24. The van der Waals surface area contributed by atoms with E-state index in [1.165, 1.54) is 11.1 Å². The minimum Gasteiger partial charge on any atom is -0.340 e. The zero-order valence-electron chi connectivity index (χ0n) is 17.6. The Morgan fingerprint density at radius 2 is 1.73 bits per heavy atom. The van der Waals surface area contributed by atoms with E-state index in [-0.39, 0.29) is 11.9 Å². The molecule has 6 nitrogen and oxygen atoms in total. The number of hydrogen-bond donors (Lipinski definition) is 0. The first-order chi connectivity index (χ1) is 14.6. The van der Waals surface area contributed by atoms with Gasteiger partial charge in [-0.2, -0.15) is 4.98 Å². The monoisotopic (exact) mass is 404 g/mol. The van der Waals surface area contributed by atoms with Gasteiger partial charge in [-0.05, 0) is 25.8 Å². The van der Waals surface area contributed by atoms with Crippen LogP contribution >= 0.6 is 0 Å². The Kier molecular flexibility index (Phi) is 6.23. The van der Waals surface area contributed by atoms with Gasteiger partial charge in [0.1, 0.15) is 0 Å². The minimum atomic E-state index is 0.0262. The molecule has 0 aliphatic carbocycles. The first kappa shape index (κ1) is 20.3. The van der Waals surface area contributed by atoms with Crippen molar-refractivity contribution in [2.75, 3.05) is 26.2 Å². The van der Waals surface area contributed by atoms with Crippen LogP contribution in [0.1, 0.15) is 36.4 Å². The molecule has 1 aliphatic rings. The maximum absolute atomic E-state index is 12.6. The average molecular weight is 405 g/mol. The molecule has 1 atom stereocenters. The molecule has 4 rings (SSSR count). The van der Waals surface area contributed by atoms with Crippen molar-refractivity contribution < 1.29 is 9.32 Å². The smallest absolute Gasteiger partial charge is 0.244 e. The fourth-order valence-electron chi connectivity index (χ4n) is 3.79. The molecule has 30 heavy (non-hydrogen) atoms. The van der Waals surface area contributed by atoms with Crippen LogP contribution in [-0.4, -0.2) is 52.0 Å². The maximum atomic E-state index is 12.6. The van der Waals surface area contributed by atoms with E-state index in [2.05, 4.69) is 41.0 Å². The molecule has 1 unspecified atom stereocenters. The lowest BCUT2D eigenvalue weighted by Crippen LogP contribution is -2.49. The van der Waals surface area contributed by atoms with Gasteiger partial charge in [0.05, 0.1) is 6.04 Å². The van der Waals surface area contributed by atoms with Gasteiger partial charge in [-0.3, -0.25) is 9.69 Å². The molecule has 2 aromatic carbocycles. The van der Waals surface area contributed by atoms with E-state index in [1.54, 1.807) is 0 Å². The quantitative estimate of drug-likeness (QED) is 0.624. The minimum absolute atomic E-state index is 0.0262. The van der Waals surface area contributed by atoms with Crippen molar-refractivity contribution in [2.45, 2.75) is 32.7 Å².